The molecule has 2 nitrogen and oxygen atoms in total. The highest BCUT2D eigenvalue weighted by Crippen LogP contribution is 2.25. The lowest BCUT2D eigenvalue weighted by Gasteiger charge is -2.19. The first kappa shape index (κ1) is 14.0. The Kier molecular flexibility index (Phi) is 5.01. The molecule has 0 bridgehead atoms. The largest absolute Gasteiger partial charge is 0.490 e. The van der Waals surface area contributed by atoms with Crippen LogP contribution in [0.4, 0.5) is 0 Å². The topological polar surface area (TPSA) is 29.5 Å². The van der Waals surface area contributed by atoms with Crippen molar-refractivity contribution < 1.29 is 9.84 Å². The summed E-state index contributed by atoms with van der Waals surface area (Å²) in [6.07, 6.45) is 0.580. The highest BCUT2D eigenvalue weighted by Gasteiger charge is 2.14. The summed E-state index contributed by atoms with van der Waals surface area (Å²) in [7, 11) is 0. The van der Waals surface area contributed by atoms with Crippen LogP contribution >= 0.6 is 0 Å². The third kappa shape index (κ3) is 3.74. The Bertz CT molecular complexity index is 348. The van der Waals surface area contributed by atoms with E-state index in [-0.39, 0.29) is 12.0 Å². The van der Waals surface area contributed by atoms with Gasteiger partial charge in [0.25, 0.3) is 0 Å². The Morgan fingerprint density at radius 3 is 2.18 bits per heavy atom. The van der Waals surface area contributed by atoms with Gasteiger partial charge in [-0.1, -0.05) is 38.0 Å². The van der Waals surface area contributed by atoms with Crippen LogP contribution in [0.25, 0.3) is 0 Å². The van der Waals surface area contributed by atoms with Crippen molar-refractivity contribution in [3.63, 3.8) is 0 Å². The molecule has 2 atom stereocenters. The zero-order chi connectivity index (χ0) is 13.0. The fraction of sp³-hybridized carbons (Fsp3) is 0.600. The zero-order valence-corrected chi connectivity index (χ0v) is 11.6. The van der Waals surface area contributed by atoms with Crippen LogP contribution < -0.4 is 4.74 Å². The first-order valence-electron chi connectivity index (χ1n) is 6.34. The van der Waals surface area contributed by atoms with Crippen molar-refractivity contribution in [1.29, 1.82) is 0 Å². The molecule has 96 valence electrons. The summed E-state index contributed by atoms with van der Waals surface area (Å²) in [5.74, 6) is 1.19. The van der Waals surface area contributed by atoms with Crippen molar-refractivity contribution in [3.05, 3.63) is 28.8 Å². The number of aryl methyl sites for hydroxylation is 3. The number of aliphatic hydroxyl groups excluding tert-OH is 1. The average Bonchev–Trinajstić information content (AvgIpc) is 2.26. The summed E-state index contributed by atoms with van der Waals surface area (Å²) in [6.45, 7) is 10.7. The second-order valence-electron chi connectivity index (χ2n) is 4.99. The molecule has 1 aromatic carbocycles. The van der Waals surface area contributed by atoms with Crippen molar-refractivity contribution in [2.75, 3.05) is 6.61 Å². The molecule has 0 aliphatic carbocycles. The van der Waals surface area contributed by atoms with E-state index >= 15 is 0 Å². The zero-order valence-electron chi connectivity index (χ0n) is 11.6. The van der Waals surface area contributed by atoms with Crippen molar-refractivity contribution in [3.8, 4) is 5.75 Å². The van der Waals surface area contributed by atoms with Gasteiger partial charge in [-0.3, -0.25) is 0 Å². The van der Waals surface area contributed by atoms with E-state index in [2.05, 4.69) is 26.0 Å². The second-order valence-corrected chi connectivity index (χ2v) is 4.99. The molecule has 1 aromatic rings. The molecule has 1 rings (SSSR count). The number of hydrogen-bond acceptors (Lipinski definition) is 2. The van der Waals surface area contributed by atoms with Crippen LogP contribution in [-0.2, 0) is 0 Å². The summed E-state index contributed by atoms with van der Waals surface area (Å²) >= 11 is 0. The van der Waals surface area contributed by atoms with Crippen molar-refractivity contribution in [1.82, 2.24) is 0 Å². The van der Waals surface area contributed by atoms with Gasteiger partial charge >= 0.3 is 0 Å². The van der Waals surface area contributed by atoms with E-state index in [4.69, 9.17) is 4.74 Å². The van der Waals surface area contributed by atoms with Crippen LogP contribution in [0.2, 0.25) is 0 Å². The SMILES string of the molecule is CCC(C)C(O)COc1c(C)cc(C)cc1C. The molecule has 1 N–H and O–H groups in total. The third-order valence-corrected chi connectivity index (χ3v) is 3.30. The summed E-state index contributed by atoms with van der Waals surface area (Å²) in [6, 6.07) is 4.22. The van der Waals surface area contributed by atoms with Gasteiger partial charge in [0.05, 0.1) is 6.10 Å². The number of aliphatic hydroxyl groups is 1. The molecule has 0 aliphatic heterocycles. The van der Waals surface area contributed by atoms with Crippen LogP contribution in [-0.4, -0.2) is 17.8 Å². The van der Waals surface area contributed by atoms with Crippen molar-refractivity contribution in [2.24, 2.45) is 5.92 Å². The summed E-state index contributed by atoms with van der Waals surface area (Å²) < 4.78 is 5.76. The summed E-state index contributed by atoms with van der Waals surface area (Å²) in [5, 5.41) is 9.89. The molecule has 0 amide bonds. The summed E-state index contributed by atoms with van der Waals surface area (Å²) in [4.78, 5) is 0. The van der Waals surface area contributed by atoms with E-state index in [1.165, 1.54) is 5.56 Å². The minimum atomic E-state index is -0.389. The van der Waals surface area contributed by atoms with Gasteiger partial charge in [0.1, 0.15) is 12.4 Å². The smallest absolute Gasteiger partial charge is 0.125 e. The Hall–Kier alpha value is -1.02. The van der Waals surface area contributed by atoms with Gasteiger partial charge in [0.15, 0.2) is 0 Å². The molecule has 0 heterocycles. The van der Waals surface area contributed by atoms with Crippen LogP contribution in [0.5, 0.6) is 5.75 Å². The van der Waals surface area contributed by atoms with E-state index in [1.807, 2.05) is 20.8 Å². The minimum Gasteiger partial charge on any atom is -0.490 e. The van der Waals surface area contributed by atoms with Crippen LogP contribution in [0.3, 0.4) is 0 Å². The van der Waals surface area contributed by atoms with Crippen molar-refractivity contribution in [2.45, 2.75) is 47.1 Å². The lowest BCUT2D eigenvalue weighted by molar-refractivity contribution is 0.0617. The van der Waals surface area contributed by atoms with Gasteiger partial charge in [0, 0.05) is 0 Å². The standard InChI is InChI=1S/C15H24O2/c1-6-11(3)14(16)9-17-15-12(4)7-10(2)8-13(15)5/h7-8,11,14,16H,6,9H2,1-5H3. The number of rotatable bonds is 5. The second kappa shape index (κ2) is 6.06. The number of benzene rings is 1. The maximum Gasteiger partial charge on any atom is 0.125 e. The van der Waals surface area contributed by atoms with E-state index in [0.717, 1.165) is 23.3 Å². The van der Waals surface area contributed by atoms with Gasteiger partial charge in [-0.2, -0.15) is 0 Å². The Balaban J connectivity index is 2.70. The van der Waals surface area contributed by atoms with Crippen LogP contribution in [0, 0.1) is 26.7 Å². The molecule has 2 unspecified atom stereocenters. The van der Waals surface area contributed by atoms with Gasteiger partial charge in [0.2, 0.25) is 0 Å². The Morgan fingerprint density at radius 2 is 1.71 bits per heavy atom. The lowest BCUT2D eigenvalue weighted by atomic mass is 10.0. The number of ether oxygens (including phenoxy) is 1. The molecule has 0 fully saturated rings. The Labute approximate surface area is 105 Å². The molecule has 2 heteroatoms. The number of hydrogen-bond donors (Lipinski definition) is 1. The molecule has 0 aliphatic rings. The molecule has 0 saturated carbocycles. The van der Waals surface area contributed by atoms with Crippen LogP contribution in [0.1, 0.15) is 37.0 Å². The first-order valence-corrected chi connectivity index (χ1v) is 6.34. The fourth-order valence-electron chi connectivity index (χ4n) is 2.00. The van der Waals surface area contributed by atoms with Gasteiger partial charge < -0.3 is 9.84 Å². The van der Waals surface area contributed by atoms with E-state index < -0.39 is 0 Å². The van der Waals surface area contributed by atoms with Gasteiger partial charge in [-0.25, -0.2) is 0 Å². The maximum atomic E-state index is 9.89. The summed E-state index contributed by atoms with van der Waals surface area (Å²) in [5.41, 5.74) is 3.52. The molecule has 0 radical (unpaired) electrons. The predicted octanol–water partition coefficient (Wildman–Crippen LogP) is 3.40. The van der Waals surface area contributed by atoms with Crippen LogP contribution in [0.15, 0.2) is 12.1 Å². The Morgan fingerprint density at radius 1 is 1.18 bits per heavy atom. The van der Waals surface area contributed by atoms with E-state index in [0.29, 0.717) is 6.61 Å². The highest BCUT2D eigenvalue weighted by molar-refractivity contribution is 5.42. The minimum absolute atomic E-state index is 0.279. The fourth-order valence-corrected chi connectivity index (χ4v) is 2.00. The molecular weight excluding hydrogens is 212 g/mol. The highest BCUT2D eigenvalue weighted by atomic mass is 16.5. The van der Waals surface area contributed by atoms with Gasteiger partial charge in [-0.05, 0) is 37.8 Å². The lowest BCUT2D eigenvalue weighted by Crippen LogP contribution is -2.25. The first-order chi connectivity index (χ1) is 7.95. The third-order valence-electron chi connectivity index (χ3n) is 3.30. The van der Waals surface area contributed by atoms with Gasteiger partial charge in [-0.15, -0.1) is 0 Å². The van der Waals surface area contributed by atoms with E-state index in [9.17, 15) is 5.11 Å². The predicted molar refractivity (Wildman–Crippen MR) is 71.6 cm³/mol. The van der Waals surface area contributed by atoms with E-state index in [1.54, 1.807) is 0 Å². The quantitative estimate of drug-likeness (QED) is 0.849. The van der Waals surface area contributed by atoms with Crippen molar-refractivity contribution >= 4 is 0 Å². The molecular formula is C15H24O2. The molecule has 0 saturated heterocycles. The maximum absolute atomic E-state index is 9.89. The normalized spacial score (nSPS) is 14.5. The molecule has 17 heavy (non-hydrogen) atoms. The molecule has 0 spiro atoms. The molecule has 0 aromatic heterocycles. The monoisotopic (exact) mass is 236 g/mol. The average molecular weight is 236 g/mol.